The van der Waals surface area contributed by atoms with Gasteiger partial charge in [-0.2, -0.15) is 0 Å². The van der Waals surface area contributed by atoms with E-state index in [1.807, 2.05) is 0 Å². The number of benzene rings is 2. The molecule has 99 valence electrons. The lowest BCUT2D eigenvalue weighted by Gasteiger charge is -2.03. The summed E-state index contributed by atoms with van der Waals surface area (Å²) >= 11 is 0. The van der Waals surface area contributed by atoms with E-state index >= 15 is 0 Å². The molecular weight excluding hydrogens is 259 g/mol. The van der Waals surface area contributed by atoms with E-state index in [4.69, 9.17) is 15.2 Å². The Morgan fingerprint density at radius 1 is 0.900 bits per heavy atom. The minimum Gasteiger partial charge on any atom is -0.478 e. The third-order valence-corrected chi connectivity index (χ3v) is 2.98. The molecule has 0 bridgehead atoms. The lowest BCUT2D eigenvalue weighted by molar-refractivity contribution is 0.0697. The van der Waals surface area contributed by atoms with E-state index in [-0.39, 0.29) is 19.0 Å². The molecule has 0 atom stereocenters. The fourth-order valence-electron chi connectivity index (χ4n) is 2.25. The van der Waals surface area contributed by atoms with Crippen molar-refractivity contribution in [1.29, 1.82) is 0 Å². The average Bonchev–Trinajstić information content (AvgIpc) is 2.74. The largest absolute Gasteiger partial charge is 0.482 e. The van der Waals surface area contributed by atoms with Crippen molar-refractivity contribution < 1.29 is 24.7 Å². The van der Waals surface area contributed by atoms with Crippen molar-refractivity contribution in [2.45, 2.75) is 0 Å². The van der Waals surface area contributed by atoms with Crippen molar-refractivity contribution >= 4 is 19.4 Å². The van der Waals surface area contributed by atoms with E-state index in [0.717, 1.165) is 0 Å². The summed E-state index contributed by atoms with van der Waals surface area (Å²) in [6, 6.07) is 11.9. The first-order chi connectivity index (χ1) is 9.61. The van der Waals surface area contributed by atoms with E-state index in [9.17, 15) is 9.59 Å². The van der Waals surface area contributed by atoms with Crippen LogP contribution in [0.5, 0.6) is 0 Å². The Morgan fingerprint density at radius 2 is 1.45 bits per heavy atom. The number of carbonyl (C=O) groups is 2. The molecule has 3 N–H and O–H groups in total. The minimum atomic E-state index is -1.01. The Morgan fingerprint density at radius 3 is 2.05 bits per heavy atom. The molecule has 0 aliphatic heterocycles. The van der Waals surface area contributed by atoms with Crippen LogP contribution in [0.25, 0.3) is 11.1 Å². The smallest absolute Gasteiger partial charge is 0.478 e. The Bertz CT molecular complexity index is 681. The summed E-state index contributed by atoms with van der Waals surface area (Å²) in [4.78, 5) is 23.2. The zero-order valence-corrected chi connectivity index (χ0v) is 10.3. The van der Waals surface area contributed by atoms with Gasteiger partial charge in [-0.3, -0.25) is 4.79 Å². The molecule has 20 heavy (non-hydrogen) atoms. The number of carbonyl (C=O) groups excluding carboxylic acids is 1. The van der Waals surface area contributed by atoms with Gasteiger partial charge in [0, 0.05) is 16.7 Å². The van der Waals surface area contributed by atoms with Gasteiger partial charge in [-0.1, -0.05) is 36.4 Å². The molecule has 6 heteroatoms. The summed E-state index contributed by atoms with van der Waals surface area (Å²) in [7, 11) is 0. The van der Waals surface area contributed by atoms with E-state index in [1.165, 1.54) is 6.07 Å². The van der Waals surface area contributed by atoms with Gasteiger partial charge < -0.3 is 15.2 Å². The van der Waals surface area contributed by atoms with Crippen molar-refractivity contribution in [3.05, 3.63) is 59.2 Å². The molecule has 0 spiro atoms. The summed E-state index contributed by atoms with van der Waals surface area (Å²) in [5.41, 5.74) is 2.49. The molecule has 1 radical (unpaired) electrons. The number of carboxylic acid groups (broad SMARTS) is 1. The standard InChI is InChI=1S/C14H8O3.BH2O2/c15-13-9-5-2-1-4-8(9)12-10(13)6-3-7-11(12)14(16)17;2-1-3/h1-7H,(H,16,17);2-3H. The molecule has 1 aliphatic carbocycles. The first kappa shape index (κ1) is 14.0. The Balaban J connectivity index is 0.000000452. The Labute approximate surface area is 115 Å². The SMILES string of the molecule is O=C(O)c1cccc2c1-c1ccccc1C2=O.O[B]O. The average molecular weight is 269 g/mol. The van der Waals surface area contributed by atoms with Gasteiger partial charge in [0.25, 0.3) is 0 Å². The molecule has 0 fully saturated rings. The number of aromatic carboxylic acids is 1. The van der Waals surface area contributed by atoms with Crippen LogP contribution in [0.4, 0.5) is 0 Å². The molecule has 1 aliphatic rings. The second-order valence-corrected chi connectivity index (χ2v) is 4.02. The number of hydrogen-bond acceptors (Lipinski definition) is 4. The van der Waals surface area contributed by atoms with Crippen molar-refractivity contribution in [2.75, 3.05) is 0 Å². The third-order valence-electron chi connectivity index (χ3n) is 2.98. The summed E-state index contributed by atoms with van der Waals surface area (Å²) in [5.74, 6) is -1.11. The van der Waals surface area contributed by atoms with Crippen LogP contribution in [-0.2, 0) is 0 Å². The van der Waals surface area contributed by atoms with Crippen LogP contribution in [0, 0.1) is 0 Å². The monoisotopic (exact) mass is 269 g/mol. The first-order valence-electron chi connectivity index (χ1n) is 5.72. The second-order valence-electron chi connectivity index (χ2n) is 4.02. The highest BCUT2D eigenvalue weighted by atomic mass is 16.4. The van der Waals surface area contributed by atoms with Crippen LogP contribution in [0.3, 0.4) is 0 Å². The van der Waals surface area contributed by atoms with Gasteiger partial charge in [0.1, 0.15) is 0 Å². The van der Waals surface area contributed by atoms with Crippen LogP contribution in [0.15, 0.2) is 42.5 Å². The molecular formula is C14H10BO5. The molecule has 0 amide bonds. The Kier molecular flexibility index (Phi) is 3.98. The van der Waals surface area contributed by atoms with Crippen LogP contribution in [0.1, 0.15) is 26.3 Å². The lowest BCUT2D eigenvalue weighted by Crippen LogP contribution is -2.00. The highest BCUT2D eigenvalue weighted by molar-refractivity contribution is 6.24. The summed E-state index contributed by atoms with van der Waals surface area (Å²) in [6.07, 6.45) is 0. The molecule has 0 saturated carbocycles. The normalized spacial score (nSPS) is 11.0. The van der Waals surface area contributed by atoms with Crippen molar-refractivity contribution in [3.8, 4) is 11.1 Å². The van der Waals surface area contributed by atoms with Gasteiger partial charge in [0.2, 0.25) is 0 Å². The fraction of sp³-hybridized carbons (Fsp3) is 0. The molecule has 0 heterocycles. The topological polar surface area (TPSA) is 94.8 Å². The molecule has 5 nitrogen and oxygen atoms in total. The highest BCUT2D eigenvalue weighted by Gasteiger charge is 2.29. The van der Waals surface area contributed by atoms with E-state index in [1.54, 1.807) is 36.4 Å². The second kappa shape index (κ2) is 5.69. The summed E-state index contributed by atoms with van der Waals surface area (Å²) in [5, 5.41) is 23.1. The zero-order valence-electron chi connectivity index (χ0n) is 10.3. The van der Waals surface area contributed by atoms with Crippen LogP contribution >= 0.6 is 0 Å². The van der Waals surface area contributed by atoms with E-state index in [0.29, 0.717) is 22.3 Å². The number of fused-ring (bicyclic) bond motifs is 3. The Hall–Kier alpha value is -2.44. The molecule has 3 rings (SSSR count). The van der Waals surface area contributed by atoms with Crippen molar-refractivity contribution in [1.82, 2.24) is 0 Å². The van der Waals surface area contributed by atoms with Crippen molar-refractivity contribution in [3.63, 3.8) is 0 Å². The van der Waals surface area contributed by atoms with Gasteiger partial charge >= 0.3 is 13.7 Å². The van der Waals surface area contributed by atoms with E-state index < -0.39 is 5.97 Å². The van der Waals surface area contributed by atoms with Gasteiger partial charge in [0.05, 0.1) is 5.56 Å². The minimum absolute atomic E-state index is 0. The highest BCUT2D eigenvalue weighted by Crippen LogP contribution is 2.38. The van der Waals surface area contributed by atoms with Crippen LogP contribution in [0.2, 0.25) is 0 Å². The van der Waals surface area contributed by atoms with Gasteiger partial charge in [-0.25, -0.2) is 4.79 Å². The van der Waals surface area contributed by atoms with Gasteiger partial charge in [-0.15, -0.1) is 0 Å². The maximum atomic E-state index is 12.1. The third kappa shape index (κ3) is 2.22. The van der Waals surface area contributed by atoms with Gasteiger partial charge in [0.15, 0.2) is 5.78 Å². The van der Waals surface area contributed by atoms with Gasteiger partial charge in [-0.05, 0) is 11.6 Å². The molecule has 0 saturated heterocycles. The quantitative estimate of drug-likeness (QED) is 0.575. The number of rotatable bonds is 1. The summed E-state index contributed by atoms with van der Waals surface area (Å²) in [6.45, 7) is 0. The summed E-state index contributed by atoms with van der Waals surface area (Å²) < 4.78 is 0. The van der Waals surface area contributed by atoms with E-state index in [2.05, 4.69) is 0 Å². The van der Waals surface area contributed by atoms with Crippen LogP contribution in [-0.4, -0.2) is 34.6 Å². The number of hydrogen-bond donors (Lipinski definition) is 3. The molecule has 2 aromatic rings. The number of carboxylic acids is 1. The molecule has 0 unspecified atom stereocenters. The number of ketones is 1. The van der Waals surface area contributed by atoms with Crippen LogP contribution < -0.4 is 0 Å². The first-order valence-corrected chi connectivity index (χ1v) is 5.72. The predicted octanol–water partition coefficient (Wildman–Crippen LogP) is 1.10. The fourth-order valence-corrected chi connectivity index (χ4v) is 2.25. The molecule has 0 aromatic heterocycles. The molecule has 2 aromatic carbocycles. The van der Waals surface area contributed by atoms with Crippen molar-refractivity contribution in [2.24, 2.45) is 0 Å². The predicted molar refractivity (Wildman–Crippen MR) is 72.5 cm³/mol. The maximum absolute atomic E-state index is 12.1. The zero-order chi connectivity index (χ0) is 14.7. The lowest BCUT2D eigenvalue weighted by atomic mass is 10.00. The maximum Gasteiger partial charge on any atom is 0.482 e.